The van der Waals surface area contributed by atoms with Gasteiger partial charge in [-0.15, -0.1) is 0 Å². The molecule has 92 valence electrons. The summed E-state index contributed by atoms with van der Waals surface area (Å²) in [6.07, 6.45) is 7.12. The molecule has 0 radical (unpaired) electrons. The molecule has 0 saturated carbocycles. The van der Waals surface area contributed by atoms with Crippen LogP contribution in [-0.4, -0.2) is 43.7 Å². The monoisotopic (exact) mass is 235 g/mol. The van der Waals surface area contributed by atoms with Gasteiger partial charge >= 0.3 is 0 Å². The fourth-order valence-electron chi connectivity index (χ4n) is 3.16. The lowest BCUT2D eigenvalue weighted by Gasteiger charge is -2.37. The lowest BCUT2D eigenvalue weighted by molar-refractivity contribution is -0.136. The summed E-state index contributed by atoms with van der Waals surface area (Å²) in [5.74, 6) is 0.148. The van der Waals surface area contributed by atoms with Crippen LogP contribution in [0.15, 0.2) is 12.7 Å². The lowest BCUT2D eigenvalue weighted by Crippen LogP contribution is -2.51. The Morgan fingerprint density at radius 3 is 2.65 bits per heavy atom. The van der Waals surface area contributed by atoms with E-state index in [0.29, 0.717) is 18.6 Å². The van der Waals surface area contributed by atoms with Crippen molar-refractivity contribution in [2.75, 3.05) is 0 Å². The van der Waals surface area contributed by atoms with Crippen molar-refractivity contribution in [2.45, 2.75) is 50.4 Å². The van der Waals surface area contributed by atoms with Gasteiger partial charge < -0.3 is 10.6 Å². The molecular formula is C11H17N5O. The van der Waals surface area contributed by atoms with Crippen molar-refractivity contribution in [3.63, 3.8) is 0 Å². The Morgan fingerprint density at radius 1 is 1.35 bits per heavy atom. The summed E-state index contributed by atoms with van der Waals surface area (Å²) >= 11 is 0. The zero-order chi connectivity index (χ0) is 11.8. The molecule has 2 aliphatic rings. The molecule has 1 amide bonds. The van der Waals surface area contributed by atoms with Gasteiger partial charge in [0.2, 0.25) is 5.91 Å². The molecule has 2 aliphatic heterocycles. The topological polar surface area (TPSA) is 77.0 Å². The SMILES string of the molecule is NC1CC2CCC(C1)N2C(=O)Cn1cncn1. The highest BCUT2D eigenvalue weighted by molar-refractivity contribution is 5.77. The van der Waals surface area contributed by atoms with Crippen LogP contribution < -0.4 is 5.73 Å². The summed E-state index contributed by atoms with van der Waals surface area (Å²) in [6.45, 7) is 0.294. The van der Waals surface area contributed by atoms with Crippen LogP contribution in [0.2, 0.25) is 0 Å². The number of carbonyl (C=O) groups excluding carboxylic acids is 1. The summed E-state index contributed by atoms with van der Waals surface area (Å²) in [7, 11) is 0. The number of hydrogen-bond donors (Lipinski definition) is 1. The zero-order valence-electron chi connectivity index (χ0n) is 9.70. The van der Waals surface area contributed by atoms with E-state index in [2.05, 4.69) is 10.1 Å². The van der Waals surface area contributed by atoms with Gasteiger partial charge in [-0.3, -0.25) is 4.79 Å². The Labute approximate surface area is 99.8 Å². The second-order valence-corrected chi connectivity index (χ2v) is 5.01. The van der Waals surface area contributed by atoms with Gasteiger partial charge in [0.05, 0.1) is 0 Å². The maximum absolute atomic E-state index is 12.2. The third kappa shape index (κ3) is 1.93. The van der Waals surface area contributed by atoms with E-state index in [1.165, 1.54) is 6.33 Å². The van der Waals surface area contributed by atoms with E-state index < -0.39 is 0 Å². The molecule has 0 spiro atoms. The summed E-state index contributed by atoms with van der Waals surface area (Å²) in [4.78, 5) is 18.1. The minimum Gasteiger partial charge on any atom is -0.335 e. The van der Waals surface area contributed by atoms with E-state index in [1.807, 2.05) is 4.90 Å². The number of piperidine rings is 1. The van der Waals surface area contributed by atoms with Crippen LogP contribution in [0.25, 0.3) is 0 Å². The quantitative estimate of drug-likeness (QED) is 0.767. The standard InChI is InChI=1S/C11H17N5O/c12-8-3-9-1-2-10(4-8)16(9)11(17)5-15-7-13-6-14-15/h6-10H,1-5,12H2. The van der Waals surface area contributed by atoms with Crippen molar-refractivity contribution in [1.29, 1.82) is 0 Å². The molecule has 2 saturated heterocycles. The van der Waals surface area contributed by atoms with Crippen molar-refractivity contribution in [3.8, 4) is 0 Å². The predicted molar refractivity (Wildman–Crippen MR) is 60.9 cm³/mol. The smallest absolute Gasteiger partial charge is 0.244 e. The predicted octanol–water partition coefficient (Wildman–Crippen LogP) is -0.241. The van der Waals surface area contributed by atoms with Crippen molar-refractivity contribution in [3.05, 3.63) is 12.7 Å². The molecule has 2 bridgehead atoms. The van der Waals surface area contributed by atoms with Gasteiger partial charge in [0.15, 0.2) is 0 Å². The largest absolute Gasteiger partial charge is 0.335 e. The van der Waals surface area contributed by atoms with Gasteiger partial charge in [0.25, 0.3) is 0 Å². The van der Waals surface area contributed by atoms with Gasteiger partial charge in [-0.05, 0) is 25.7 Å². The highest BCUT2D eigenvalue weighted by Gasteiger charge is 2.41. The van der Waals surface area contributed by atoms with Crippen LogP contribution in [0.4, 0.5) is 0 Å². The Balaban J connectivity index is 1.70. The second kappa shape index (κ2) is 4.10. The molecule has 0 aromatic carbocycles. The number of nitrogens with two attached hydrogens (primary N) is 1. The maximum Gasteiger partial charge on any atom is 0.244 e. The first-order valence-corrected chi connectivity index (χ1v) is 6.13. The molecule has 3 rings (SSSR count). The van der Waals surface area contributed by atoms with Crippen molar-refractivity contribution < 1.29 is 4.79 Å². The second-order valence-electron chi connectivity index (χ2n) is 5.01. The lowest BCUT2D eigenvalue weighted by atomic mass is 9.98. The Hall–Kier alpha value is -1.43. The molecule has 2 unspecified atom stereocenters. The Kier molecular flexibility index (Phi) is 2.58. The Bertz CT molecular complexity index is 390. The van der Waals surface area contributed by atoms with E-state index in [4.69, 9.17) is 5.73 Å². The first-order valence-electron chi connectivity index (χ1n) is 6.13. The van der Waals surface area contributed by atoms with Gasteiger partial charge in [0.1, 0.15) is 19.2 Å². The summed E-state index contributed by atoms with van der Waals surface area (Å²) in [5.41, 5.74) is 5.99. The van der Waals surface area contributed by atoms with Crippen LogP contribution in [0.5, 0.6) is 0 Å². The average molecular weight is 235 g/mol. The maximum atomic E-state index is 12.2. The van der Waals surface area contributed by atoms with E-state index in [1.54, 1.807) is 11.0 Å². The molecule has 6 nitrogen and oxygen atoms in total. The average Bonchev–Trinajstić information content (AvgIpc) is 2.86. The number of hydrogen-bond acceptors (Lipinski definition) is 4. The highest BCUT2D eigenvalue weighted by atomic mass is 16.2. The summed E-state index contributed by atoms with van der Waals surface area (Å²) in [6, 6.07) is 0.961. The number of rotatable bonds is 2. The normalized spacial score (nSPS) is 31.8. The number of nitrogens with zero attached hydrogens (tertiary/aromatic N) is 4. The van der Waals surface area contributed by atoms with Crippen molar-refractivity contribution in [2.24, 2.45) is 5.73 Å². The third-order valence-corrected chi connectivity index (χ3v) is 3.82. The van der Waals surface area contributed by atoms with Crippen molar-refractivity contribution in [1.82, 2.24) is 19.7 Å². The van der Waals surface area contributed by atoms with Gasteiger partial charge in [-0.25, -0.2) is 9.67 Å². The van der Waals surface area contributed by atoms with E-state index in [0.717, 1.165) is 25.7 Å². The number of carbonyl (C=O) groups is 1. The number of amides is 1. The van der Waals surface area contributed by atoms with Crippen LogP contribution >= 0.6 is 0 Å². The Morgan fingerprint density at radius 2 is 2.06 bits per heavy atom. The van der Waals surface area contributed by atoms with E-state index >= 15 is 0 Å². The molecule has 2 N–H and O–H groups in total. The molecular weight excluding hydrogens is 218 g/mol. The summed E-state index contributed by atoms with van der Waals surface area (Å²) < 4.78 is 1.58. The molecule has 2 atom stereocenters. The highest BCUT2D eigenvalue weighted by Crippen LogP contribution is 2.35. The van der Waals surface area contributed by atoms with Gasteiger partial charge in [-0.1, -0.05) is 0 Å². The number of fused-ring (bicyclic) bond motifs is 2. The van der Waals surface area contributed by atoms with Crippen LogP contribution in [0, 0.1) is 0 Å². The minimum atomic E-state index is 0.148. The fraction of sp³-hybridized carbons (Fsp3) is 0.727. The minimum absolute atomic E-state index is 0.148. The molecule has 2 fully saturated rings. The van der Waals surface area contributed by atoms with Crippen LogP contribution in [0.1, 0.15) is 25.7 Å². The van der Waals surface area contributed by atoms with E-state index in [-0.39, 0.29) is 11.9 Å². The zero-order valence-corrected chi connectivity index (χ0v) is 9.70. The fourth-order valence-corrected chi connectivity index (χ4v) is 3.16. The van der Waals surface area contributed by atoms with E-state index in [9.17, 15) is 4.79 Å². The first-order chi connectivity index (χ1) is 8.24. The number of aromatic nitrogens is 3. The molecule has 6 heteroatoms. The van der Waals surface area contributed by atoms with Gasteiger partial charge in [0, 0.05) is 18.1 Å². The first kappa shape index (κ1) is 10.7. The van der Waals surface area contributed by atoms with Crippen molar-refractivity contribution >= 4 is 5.91 Å². The third-order valence-electron chi connectivity index (χ3n) is 3.82. The van der Waals surface area contributed by atoms with Crippen LogP contribution in [0.3, 0.4) is 0 Å². The summed E-state index contributed by atoms with van der Waals surface area (Å²) in [5, 5.41) is 3.97. The molecule has 3 heterocycles. The molecule has 17 heavy (non-hydrogen) atoms. The molecule has 0 aliphatic carbocycles. The molecule has 1 aromatic rings. The van der Waals surface area contributed by atoms with Gasteiger partial charge in [-0.2, -0.15) is 5.10 Å². The molecule has 1 aromatic heterocycles. The van der Waals surface area contributed by atoms with Crippen LogP contribution in [-0.2, 0) is 11.3 Å².